The van der Waals surface area contributed by atoms with E-state index in [4.69, 9.17) is 5.84 Å². The van der Waals surface area contributed by atoms with Crippen molar-refractivity contribution < 1.29 is 4.79 Å². The number of aromatic nitrogens is 1. The van der Waals surface area contributed by atoms with E-state index in [1.54, 1.807) is 12.1 Å². The van der Waals surface area contributed by atoms with Crippen molar-refractivity contribution in [1.29, 1.82) is 0 Å². The number of hydrogen-bond acceptors (Lipinski definition) is 4. The Morgan fingerprint density at radius 2 is 2.00 bits per heavy atom. The molecule has 5 nitrogen and oxygen atoms in total. The first kappa shape index (κ1) is 15.0. The summed E-state index contributed by atoms with van der Waals surface area (Å²) in [6.07, 6.45) is 0.810. The fourth-order valence-corrected chi connectivity index (χ4v) is 2.18. The molecule has 0 radical (unpaired) electrons. The average Bonchev–Trinajstić information content (AvgIpc) is 2.48. The lowest BCUT2D eigenvalue weighted by molar-refractivity contribution is 0.0954. The fourth-order valence-electron chi connectivity index (χ4n) is 2.18. The van der Waals surface area contributed by atoms with Gasteiger partial charge in [-0.05, 0) is 43.5 Å². The van der Waals surface area contributed by atoms with Crippen LogP contribution in [0.2, 0.25) is 0 Å². The number of aryl methyl sites for hydroxylation is 2. The first-order chi connectivity index (χ1) is 10.1. The lowest BCUT2D eigenvalue weighted by atomic mass is 10.1. The van der Waals surface area contributed by atoms with E-state index >= 15 is 0 Å². The van der Waals surface area contributed by atoms with Crippen molar-refractivity contribution in [3.05, 3.63) is 58.8 Å². The molecular weight excluding hydrogens is 264 g/mol. The lowest BCUT2D eigenvalue weighted by Crippen LogP contribution is -2.26. The molecule has 1 aromatic heterocycles. The van der Waals surface area contributed by atoms with Crippen LogP contribution in [0.5, 0.6) is 0 Å². The first-order valence-electron chi connectivity index (χ1n) is 6.88. The Kier molecular flexibility index (Phi) is 4.90. The highest BCUT2D eigenvalue weighted by atomic mass is 16.1. The van der Waals surface area contributed by atoms with Crippen LogP contribution in [-0.2, 0) is 6.42 Å². The second kappa shape index (κ2) is 6.85. The Balaban J connectivity index is 1.96. The molecule has 0 bridgehead atoms. The van der Waals surface area contributed by atoms with Gasteiger partial charge in [0.05, 0.1) is 0 Å². The number of amides is 1. The lowest BCUT2D eigenvalue weighted by Gasteiger charge is -2.09. The van der Waals surface area contributed by atoms with Gasteiger partial charge in [0.2, 0.25) is 0 Å². The minimum atomic E-state index is -0.120. The van der Waals surface area contributed by atoms with Crippen LogP contribution in [0.3, 0.4) is 0 Å². The van der Waals surface area contributed by atoms with E-state index in [1.807, 2.05) is 19.1 Å². The number of rotatable bonds is 5. The van der Waals surface area contributed by atoms with Crippen molar-refractivity contribution in [2.24, 2.45) is 5.84 Å². The Hall–Kier alpha value is -2.40. The highest BCUT2D eigenvalue weighted by Gasteiger charge is 2.08. The minimum Gasteiger partial charge on any atom is -0.352 e. The molecule has 1 heterocycles. The predicted molar refractivity (Wildman–Crippen MR) is 84.0 cm³/mol. The molecule has 1 aromatic carbocycles. The number of anilines is 1. The Morgan fingerprint density at radius 1 is 1.24 bits per heavy atom. The van der Waals surface area contributed by atoms with Crippen LogP contribution in [0.15, 0.2) is 36.4 Å². The van der Waals surface area contributed by atoms with Crippen LogP contribution in [0, 0.1) is 13.8 Å². The summed E-state index contributed by atoms with van der Waals surface area (Å²) in [6.45, 7) is 4.49. The maximum atomic E-state index is 12.1. The predicted octanol–water partition coefficient (Wildman–Crippen LogP) is 1.96. The Labute approximate surface area is 124 Å². The molecule has 0 saturated carbocycles. The zero-order valence-electron chi connectivity index (χ0n) is 12.3. The quantitative estimate of drug-likeness (QED) is 0.579. The summed E-state index contributed by atoms with van der Waals surface area (Å²) < 4.78 is 0. The molecular formula is C16H20N4O. The number of nitrogens with zero attached hydrogens (tertiary/aromatic N) is 1. The minimum absolute atomic E-state index is 0.120. The smallest absolute Gasteiger partial charge is 0.251 e. The number of hydrogen-bond donors (Lipinski definition) is 3. The van der Waals surface area contributed by atoms with Gasteiger partial charge in [0, 0.05) is 17.8 Å². The van der Waals surface area contributed by atoms with Gasteiger partial charge in [0.15, 0.2) is 0 Å². The van der Waals surface area contributed by atoms with Crippen molar-refractivity contribution in [3.63, 3.8) is 0 Å². The van der Waals surface area contributed by atoms with E-state index in [9.17, 15) is 4.79 Å². The zero-order chi connectivity index (χ0) is 15.2. The van der Waals surface area contributed by atoms with Crippen LogP contribution in [0.4, 0.5) is 5.82 Å². The standard InChI is InChI=1S/C16H20N4O/c1-11-5-3-4-6-13(11)7-8-18-16(21)14-9-12(2)19-15(10-14)20-17/h3-6,9-10H,7-8,17H2,1-2H3,(H,18,21)(H,19,20). The van der Waals surface area contributed by atoms with Crippen LogP contribution >= 0.6 is 0 Å². The van der Waals surface area contributed by atoms with Crippen LogP contribution in [-0.4, -0.2) is 17.4 Å². The molecule has 2 aromatic rings. The first-order valence-corrected chi connectivity index (χ1v) is 6.88. The van der Waals surface area contributed by atoms with Gasteiger partial charge in [0.25, 0.3) is 5.91 Å². The van der Waals surface area contributed by atoms with E-state index in [2.05, 4.69) is 34.8 Å². The normalized spacial score (nSPS) is 10.2. The van der Waals surface area contributed by atoms with Gasteiger partial charge < -0.3 is 10.7 Å². The van der Waals surface area contributed by atoms with Crippen molar-refractivity contribution in [2.75, 3.05) is 12.0 Å². The highest BCUT2D eigenvalue weighted by molar-refractivity contribution is 5.94. The number of nitrogens with two attached hydrogens (primary N) is 1. The Morgan fingerprint density at radius 3 is 2.71 bits per heavy atom. The monoisotopic (exact) mass is 284 g/mol. The Bertz CT molecular complexity index is 640. The number of hydrazine groups is 1. The van der Waals surface area contributed by atoms with Gasteiger partial charge in [-0.25, -0.2) is 10.8 Å². The molecule has 0 aliphatic heterocycles. The number of carbonyl (C=O) groups is 1. The zero-order valence-corrected chi connectivity index (χ0v) is 12.3. The molecule has 0 saturated heterocycles. The SMILES string of the molecule is Cc1cc(C(=O)NCCc2ccccc2C)cc(NN)n1. The molecule has 0 fully saturated rings. The van der Waals surface area contributed by atoms with Gasteiger partial charge >= 0.3 is 0 Å². The summed E-state index contributed by atoms with van der Waals surface area (Å²) in [6, 6.07) is 11.5. The van der Waals surface area contributed by atoms with Gasteiger partial charge in [-0.2, -0.15) is 0 Å². The van der Waals surface area contributed by atoms with E-state index < -0.39 is 0 Å². The molecule has 110 valence electrons. The number of benzene rings is 1. The average molecular weight is 284 g/mol. The number of carbonyl (C=O) groups excluding carboxylic acids is 1. The largest absolute Gasteiger partial charge is 0.352 e. The molecule has 4 N–H and O–H groups in total. The molecule has 21 heavy (non-hydrogen) atoms. The van der Waals surface area contributed by atoms with E-state index in [1.165, 1.54) is 11.1 Å². The summed E-state index contributed by atoms with van der Waals surface area (Å²) in [5, 5.41) is 2.92. The molecule has 5 heteroatoms. The van der Waals surface area contributed by atoms with Crippen molar-refractivity contribution in [3.8, 4) is 0 Å². The van der Waals surface area contributed by atoms with Crippen molar-refractivity contribution in [2.45, 2.75) is 20.3 Å². The van der Waals surface area contributed by atoms with Crippen molar-refractivity contribution >= 4 is 11.7 Å². The summed E-state index contributed by atoms with van der Waals surface area (Å²) in [5.41, 5.74) is 6.24. The fraction of sp³-hybridized carbons (Fsp3) is 0.250. The molecule has 1 amide bonds. The molecule has 0 atom stereocenters. The third kappa shape index (κ3) is 4.03. The topological polar surface area (TPSA) is 80.0 Å². The van der Waals surface area contributed by atoms with Crippen LogP contribution in [0.25, 0.3) is 0 Å². The van der Waals surface area contributed by atoms with E-state index in [0.29, 0.717) is 17.9 Å². The third-order valence-corrected chi connectivity index (χ3v) is 3.30. The molecule has 2 rings (SSSR count). The summed E-state index contributed by atoms with van der Waals surface area (Å²) in [7, 11) is 0. The van der Waals surface area contributed by atoms with E-state index in [-0.39, 0.29) is 5.91 Å². The summed E-state index contributed by atoms with van der Waals surface area (Å²) in [5.74, 6) is 5.70. The number of nitrogen functional groups attached to an aromatic ring is 1. The molecule has 0 spiro atoms. The second-order valence-electron chi connectivity index (χ2n) is 4.96. The third-order valence-electron chi connectivity index (χ3n) is 3.30. The number of pyridine rings is 1. The van der Waals surface area contributed by atoms with E-state index in [0.717, 1.165) is 12.1 Å². The summed E-state index contributed by atoms with van der Waals surface area (Å²) in [4.78, 5) is 16.3. The van der Waals surface area contributed by atoms with Gasteiger partial charge in [-0.15, -0.1) is 0 Å². The van der Waals surface area contributed by atoms with Crippen LogP contribution < -0.4 is 16.6 Å². The highest BCUT2D eigenvalue weighted by Crippen LogP contribution is 2.10. The number of nitrogens with one attached hydrogen (secondary N) is 2. The maximum absolute atomic E-state index is 12.1. The summed E-state index contributed by atoms with van der Waals surface area (Å²) >= 11 is 0. The van der Waals surface area contributed by atoms with Crippen LogP contribution in [0.1, 0.15) is 27.2 Å². The van der Waals surface area contributed by atoms with Gasteiger partial charge in [-0.3, -0.25) is 4.79 Å². The van der Waals surface area contributed by atoms with Gasteiger partial charge in [0.1, 0.15) is 5.82 Å². The molecule has 0 unspecified atom stereocenters. The van der Waals surface area contributed by atoms with Crippen molar-refractivity contribution in [1.82, 2.24) is 10.3 Å². The second-order valence-corrected chi connectivity index (χ2v) is 4.96. The van der Waals surface area contributed by atoms with Gasteiger partial charge in [-0.1, -0.05) is 24.3 Å². The maximum Gasteiger partial charge on any atom is 0.251 e. The molecule has 0 aliphatic rings. The molecule has 0 aliphatic carbocycles.